The highest BCUT2D eigenvalue weighted by Gasteiger charge is 2.30. The highest BCUT2D eigenvalue weighted by atomic mass is 16.2. The van der Waals surface area contributed by atoms with Crippen molar-refractivity contribution in [3.05, 3.63) is 72.3 Å². The van der Waals surface area contributed by atoms with Crippen molar-refractivity contribution < 1.29 is 9.59 Å². The van der Waals surface area contributed by atoms with E-state index in [2.05, 4.69) is 6.92 Å². The minimum atomic E-state index is -0.0192. The Morgan fingerprint density at radius 1 is 1.00 bits per heavy atom. The minimum Gasteiger partial charge on any atom is -0.339 e. The maximum atomic E-state index is 13.2. The van der Waals surface area contributed by atoms with Crippen LogP contribution in [0.5, 0.6) is 0 Å². The Bertz CT molecular complexity index is 809. The molecule has 0 saturated carbocycles. The number of rotatable bonds is 7. The fourth-order valence-electron chi connectivity index (χ4n) is 3.69. The summed E-state index contributed by atoms with van der Waals surface area (Å²) in [5, 5.41) is 0. The third kappa shape index (κ3) is 5.80. The van der Waals surface area contributed by atoms with Crippen LogP contribution in [0.25, 0.3) is 6.08 Å². The Morgan fingerprint density at radius 2 is 1.62 bits per heavy atom. The fraction of sp³-hybridized carbons (Fsp3) is 0.360. The lowest BCUT2D eigenvalue weighted by atomic mass is 9.94. The summed E-state index contributed by atoms with van der Waals surface area (Å²) >= 11 is 0. The summed E-state index contributed by atoms with van der Waals surface area (Å²) < 4.78 is 0. The van der Waals surface area contributed by atoms with E-state index in [0.29, 0.717) is 13.1 Å². The average molecular weight is 391 g/mol. The smallest absolute Gasteiger partial charge is 0.246 e. The second-order valence-electron chi connectivity index (χ2n) is 7.52. The van der Waals surface area contributed by atoms with Crippen LogP contribution in [0.15, 0.2) is 66.7 Å². The van der Waals surface area contributed by atoms with Crippen molar-refractivity contribution in [1.82, 2.24) is 4.90 Å². The van der Waals surface area contributed by atoms with Gasteiger partial charge in [-0.25, -0.2) is 0 Å². The minimum absolute atomic E-state index is 0.0191. The Morgan fingerprint density at radius 3 is 2.24 bits per heavy atom. The summed E-state index contributed by atoms with van der Waals surface area (Å²) in [6.07, 6.45) is 6.97. The predicted molar refractivity (Wildman–Crippen MR) is 118 cm³/mol. The Balaban J connectivity index is 1.57. The molecule has 0 atom stereocenters. The van der Waals surface area contributed by atoms with Crippen LogP contribution in [-0.4, -0.2) is 36.3 Å². The van der Waals surface area contributed by atoms with E-state index in [-0.39, 0.29) is 17.7 Å². The molecule has 0 spiro atoms. The van der Waals surface area contributed by atoms with Gasteiger partial charge in [-0.1, -0.05) is 61.9 Å². The summed E-state index contributed by atoms with van der Waals surface area (Å²) in [5.74, 6) is 0.191. The summed E-state index contributed by atoms with van der Waals surface area (Å²) in [6, 6.07) is 19.7. The number of carbonyl (C=O) groups is 2. The van der Waals surface area contributed by atoms with Gasteiger partial charge in [0.1, 0.15) is 0 Å². The number of carbonyl (C=O) groups excluding carboxylic acids is 2. The zero-order valence-electron chi connectivity index (χ0n) is 17.2. The Labute approximate surface area is 173 Å². The van der Waals surface area contributed by atoms with Crippen LogP contribution in [-0.2, 0) is 9.59 Å². The lowest BCUT2D eigenvalue weighted by molar-refractivity contribution is -0.131. The van der Waals surface area contributed by atoms with Crippen LogP contribution in [0.2, 0.25) is 0 Å². The first-order chi connectivity index (χ1) is 14.2. The number of unbranched alkanes of at least 4 members (excludes halogenated alkanes) is 1. The Hall–Kier alpha value is -2.88. The third-order valence-electron chi connectivity index (χ3n) is 5.44. The number of piperidine rings is 1. The van der Waals surface area contributed by atoms with Gasteiger partial charge >= 0.3 is 0 Å². The van der Waals surface area contributed by atoms with E-state index in [1.807, 2.05) is 76.5 Å². The zero-order chi connectivity index (χ0) is 20.5. The van der Waals surface area contributed by atoms with Crippen LogP contribution in [0.3, 0.4) is 0 Å². The monoisotopic (exact) mass is 390 g/mol. The number of hydrogen-bond donors (Lipinski definition) is 0. The van der Waals surface area contributed by atoms with Crippen molar-refractivity contribution in [1.29, 1.82) is 0 Å². The first kappa shape index (κ1) is 20.8. The van der Waals surface area contributed by atoms with E-state index in [9.17, 15) is 9.59 Å². The number of anilines is 1. The van der Waals surface area contributed by atoms with Gasteiger partial charge < -0.3 is 9.80 Å². The van der Waals surface area contributed by atoms with E-state index in [0.717, 1.165) is 43.5 Å². The van der Waals surface area contributed by atoms with Crippen molar-refractivity contribution in [2.24, 2.45) is 5.92 Å². The van der Waals surface area contributed by atoms with Crippen molar-refractivity contribution in [3.63, 3.8) is 0 Å². The molecular weight excluding hydrogens is 360 g/mol. The van der Waals surface area contributed by atoms with E-state index >= 15 is 0 Å². The fourth-order valence-corrected chi connectivity index (χ4v) is 3.69. The summed E-state index contributed by atoms with van der Waals surface area (Å²) in [7, 11) is 0. The first-order valence-electron chi connectivity index (χ1n) is 10.6. The molecule has 0 bridgehead atoms. The molecule has 0 unspecified atom stereocenters. The predicted octanol–water partition coefficient (Wildman–Crippen LogP) is 4.77. The molecule has 152 valence electrons. The number of amides is 2. The second-order valence-corrected chi connectivity index (χ2v) is 7.52. The van der Waals surface area contributed by atoms with Crippen LogP contribution in [0.4, 0.5) is 5.69 Å². The standard InChI is InChI=1S/C25H30N2O2/c1-2-3-18-27(23-12-8-5-9-13-23)25(29)22-16-19-26(20-17-22)24(28)15-14-21-10-6-4-7-11-21/h4-15,22H,2-3,16-20H2,1H3/b15-14+. The lowest BCUT2D eigenvalue weighted by Crippen LogP contribution is -2.44. The summed E-state index contributed by atoms with van der Waals surface area (Å²) in [4.78, 5) is 29.5. The van der Waals surface area contributed by atoms with E-state index in [4.69, 9.17) is 0 Å². The maximum absolute atomic E-state index is 13.2. The molecule has 4 heteroatoms. The second kappa shape index (κ2) is 10.6. The van der Waals surface area contributed by atoms with Gasteiger partial charge in [-0.05, 0) is 43.0 Å². The Kier molecular flexibility index (Phi) is 7.62. The van der Waals surface area contributed by atoms with Crippen LogP contribution in [0.1, 0.15) is 38.2 Å². The highest BCUT2D eigenvalue weighted by Crippen LogP contribution is 2.24. The molecular formula is C25H30N2O2. The number of benzene rings is 2. The first-order valence-corrected chi connectivity index (χ1v) is 10.6. The molecule has 4 nitrogen and oxygen atoms in total. The number of hydrogen-bond acceptors (Lipinski definition) is 2. The van der Waals surface area contributed by atoms with Gasteiger partial charge in [-0.15, -0.1) is 0 Å². The SMILES string of the molecule is CCCCN(C(=O)C1CCN(C(=O)/C=C/c2ccccc2)CC1)c1ccccc1. The van der Waals surface area contributed by atoms with Gasteiger partial charge in [0, 0.05) is 37.3 Å². The number of likely N-dealkylation sites (tertiary alicyclic amines) is 1. The molecule has 1 saturated heterocycles. The van der Waals surface area contributed by atoms with Crippen molar-refractivity contribution >= 4 is 23.6 Å². The molecule has 1 aliphatic heterocycles. The van der Waals surface area contributed by atoms with Gasteiger partial charge in [0.15, 0.2) is 0 Å². The quantitative estimate of drug-likeness (QED) is 0.639. The average Bonchev–Trinajstić information content (AvgIpc) is 2.79. The molecule has 1 aliphatic rings. The summed E-state index contributed by atoms with van der Waals surface area (Å²) in [5.41, 5.74) is 1.98. The number of para-hydroxylation sites is 1. The van der Waals surface area contributed by atoms with Gasteiger partial charge in [-0.2, -0.15) is 0 Å². The zero-order valence-corrected chi connectivity index (χ0v) is 17.2. The normalized spacial score (nSPS) is 14.9. The van der Waals surface area contributed by atoms with Gasteiger partial charge in [0.2, 0.25) is 11.8 Å². The third-order valence-corrected chi connectivity index (χ3v) is 5.44. The molecule has 3 rings (SSSR count). The van der Waals surface area contributed by atoms with Crippen molar-refractivity contribution in [3.8, 4) is 0 Å². The van der Waals surface area contributed by atoms with Gasteiger partial charge in [-0.3, -0.25) is 9.59 Å². The van der Waals surface area contributed by atoms with Crippen molar-refractivity contribution in [2.75, 3.05) is 24.5 Å². The molecule has 2 amide bonds. The molecule has 0 aromatic heterocycles. The molecule has 2 aromatic rings. The topological polar surface area (TPSA) is 40.6 Å². The van der Waals surface area contributed by atoms with Crippen molar-refractivity contribution in [2.45, 2.75) is 32.6 Å². The maximum Gasteiger partial charge on any atom is 0.246 e. The molecule has 29 heavy (non-hydrogen) atoms. The van der Waals surface area contributed by atoms with E-state index in [1.165, 1.54) is 0 Å². The van der Waals surface area contributed by atoms with Gasteiger partial charge in [0.05, 0.1) is 0 Å². The lowest BCUT2D eigenvalue weighted by Gasteiger charge is -2.34. The van der Waals surface area contributed by atoms with Crippen LogP contribution >= 0.6 is 0 Å². The summed E-state index contributed by atoms with van der Waals surface area (Å²) in [6.45, 7) is 4.15. The van der Waals surface area contributed by atoms with E-state index < -0.39 is 0 Å². The van der Waals surface area contributed by atoms with E-state index in [1.54, 1.807) is 6.08 Å². The molecule has 0 aliphatic carbocycles. The molecule has 1 fully saturated rings. The number of nitrogens with zero attached hydrogens (tertiary/aromatic N) is 2. The highest BCUT2D eigenvalue weighted by molar-refractivity contribution is 5.95. The molecule has 0 radical (unpaired) electrons. The largest absolute Gasteiger partial charge is 0.339 e. The van der Waals surface area contributed by atoms with Crippen LogP contribution < -0.4 is 4.90 Å². The van der Waals surface area contributed by atoms with Gasteiger partial charge in [0.25, 0.3) is 0 Å². The van der Waals surface area contributed by atoms with Crippen LogP contribution in [0, 0.1) is 5.92 Å². The molecule has 0 N–H and O–H groups in total. The molecule has 2 aromatic carbocycles. The molecule has 1 heterocycles.